The summed E-state index contributed by atoms with van der Waals surface area (Å²) < 4.78 is 8.89. The lowest BCUT2D eigenvalue weighted by atomic mass is 10.3. The third-order valence-corrected chi connectivity index (χ3v) is 1.23. The molecule has 1 aromatic carbocycles. The quantitative estimate of drug-likeness (QED) is 0.367. The van der Waals surface area contributed by atoms with E-state index < -0.39 is 6.16 Å². The predicted molar refractivity (Wildman–Crippen MR) is 43.3 cm³/mol. The number of carbonyl (C=O) groups excluding carboxylic acids is 1. The van der Waals surface area contributed by atoms with Crippen molar-refractivity contribution in [2.45, 2.75) is 0 Å². The monoisotopic (exact) mass is 170 g/mol. The van der Waals surface area contributed by atoms with E-state index in [9.17, 15) is 4.79 Å². The first-order chi connectivity index (χ1) is 5.33. The van der Waals surface area contributed by atoms with Crippen LogP contribution in [0.5, 0.6) is 5.75 Å². The van der Waals surface area contributed by atoms with Gasteiger partial charge in [-0.25, -0.2) is 4.79 Å². The Balaban J connectivity index is 2.58. The standard InChI is InChI=1S/C7H7O3P/c8-7(10-11)9-6-4-2-1-3-5-6/h1-5H,11H2. The molecule has 1 atom stereocenters. The van der Waals surface area contributed by atoms with Crippen molar-refractivity contribution in [3.8, 4) is 5.75 Å². The van der Waals surface area contributed by atoms with Crippen LogP contribution < -0.4 is 4.74 Å². The number of ether oxygens (including phenoxy) is 1. The second kappa shape index (κ2) is 3.94. The first-order valence-corrected chi connectivity index (χ1v) is 3.43. The van der Waals surface area contributed by atoms with Gasteiger partial charge in [0.1, 0.15) is 5.75 Å². The molecule has 1 unspecified atom stereocenters. The number of rotatable bonds is 1. The minimum Gasteiger partial charge on any atom is -0.420 e. The van der Waals surface area contributed by atoms with E-state index in [1.807, 2.05) is 15.5 Å². The van der Waals surface area contributed by atoms with Crippen LogP contribution in [0, 0.1) is 0 Å². The van der Waals surface area contributed by atoms with Gasteiger partial charge in [-0.05, 0) is 12.1 Å². The van der Waals surface area contributed by atoms with E-state index in [2.05, 4.69) is 9.26 Å². The summed E-state index contributed by atoms with van der Waals surface area (Å²) in [6.45, 7) is 0. The average molecular weight is 170 g/mol. The molecule has 0 saturated heterocycles. The lowest BCUT2D eigenvalue weighted by Crippen LogP contribution is -2.03. The van der Waals surface area contributed by atoms with Crippen molar-refractivity contribution in [2.75, 3.05) is 0 Å². The fraction of sp³-hybridized carbons (Fsp3) is 0. The van der Waals surface area contributed by atoms with Crippen molar-refractivity contribution in [2.24, 2.45) is 0 Å². The van der Waals surface area contributed by atoms with Crippen LogP contribution in [-0.2, 0) is 4.52 Å². The van der Waals surface area contributed by atoms with Crippen LogP contribution in [0.25, 0.3) is 0 Å². The van der Waals surface area contributed by atoms with Gasteiger partial charge >= 0.3 is 6.16 Å². The van der Waals surface area contributed by atoms with E-state index in [1.54, 1.807) is 24.3 Å². The number of benzene rings is 1. The van der Waals surface area contributed by atoms with E-state index >= 15 is 0 Å². The zero-order valence-electron chi connectivity index (χ0n) is 5.69. The maximum absolute atomic E-state index is 10.5. The van der Waals surface area contributed by atoms with Gasteiger partial charge in [-0.2, -0.15) is 0 Å². The highest BCUT2D eigenvalue weighted by atomic mass is 31.0. The SMILES string of the molecule is O=C(OP)Oc1ccccc1. The van der Waals surface area contributed by atoms with Gasteiger partial charge < -0.3 is 9.26 Å². The van der Waals surface area contributed by atoms with Gasteiger partial charge in [0.05, 0.1) is 9.47 Å². The third kappa shape index (κ3) is 2.56. The van der Waals surface area contributed by atoms with Gasteiger partial charge in [-0.15, -0.1) is 0 Å². The molecule has 11 heavy (non-hydrogen) atoms. The second-order valence-corrected chi connectivity index (χ2v) is 2.02. The highest BCUT2D eigenvalue weighted by molar-refractivity contribution is 7.10. The summed E-state index contributed by atoms with van der Waals surface area (Å²) in [4.78, 5) is 10.5. The largest absolute Gasteiger partial charge is 0.516 e. The van der Waals surface area contributed by atoms with Crippen LogP contribution >= 0.6 is 9.47 Å². The number of hydrogen-bond acceptors (Lipinski definition) is 3. The molecule has 0 bridgehead atoms. The number of hydrogen-bond donors (Lipinski definition) is 0. The van der Waals surface area contributed by atoms with Crippen LogP contribution in [0.15, 0.2) is 30.3 Å². The molecule has 0 aromatic heterocycles. The number of para-hydroxylation sites is 1. The molecule has 0 spiro atoms. The predicted octanol–water partition coefficient (Wildman–Crippen LogP) is 1.99. The Kier molecular flexibility index (Phi) is 2.87. The van der Waals surface area contributed by atoms with Crippen LogP contribution in [0.2, 0.25) is 0 Å². The molecule has 1 rings (SSSR count). The third-order valence-electron chi connectivity index (χ3n) is 1.04. The molecule has 0 aliphatic rings. The second-order valence-electron chi connectivity index (χ2n) is 1.78. The van der Waals surface area contributed by atoms with Gasteiger partial charge in [0.25, 0.3) is 0 Å². The fourth-order valence-electron chi connectivity index (χ4n) is 0.609. The molecule has 0 heterocycles. The highest BCUT2D eigenvalue weighted by Crippen LogP contribution is 2.09. The van der Waals surface area contributed by atoms with Crippen molar-refractivity contribution in [1.29, 1.82) is 0 Å². The highest BCUT2D eigenvalue weighted by Gasteiger charge is 2.00. The summed E-state index contributed by atoms with van der Waals surface area (Å²) in [5, 5.41) is 0. The Hall–Kier alpha value is -1.08. The van der Waals surface area contributed by atoms with E-state index in [0.717, 1.165) is 0 Å². The van der Waals surface area contributed by atoms with Gasteiger partial charge in [0.2, 0.25) is 0 Å². The topological polar surface area (TPSA) is 35.5 Å². The Morgan fingerprint density at radius 3 is 2.45 bits per heavy atom. The molecular formula is C7H7O3P. The lowest BCUT2D eigenvalue weighted by molar-refractivity contribution is 0.160. The molecule has 0 aliphatic heterocycles. The van der Waals surface area contributed by atoms with Gasteiger partial charge in [0, 0.05) is 0 Å². The first-order valence-electron chi connectivity index (χ1n) is 2.96. The molecule has 0 amide bonds. The summed E-state index contributed by atoms with van der Waals surface area (Å²) in [7, 11) is 1.82. The normalized spacial score (nSPS) is 8.82. The Labute approximate surface area is 66.6 Å². The van der Waals surface area contributed by atoms with Crippen LogP contribution in [0.3, 0.4) is 0 Å². The van der Waals surface area contributed by atoms with Crippen molar-refractivity contribution in [3.63, 3.8) is 0 Å². The average Bonchev–Trinajstić information content (AvgIpc) is 2.06. The van der Waals surface area contributed by atoms with E-state index in [0.29, 0.717) is 5.75 Å². The number of carbonyl (C=O) groups is 1. The summed E-state index contributed by atoms with van der Waals surface area (Å²) in [5.74, 6) is 0.472. The minimum absolute atomic E-state index is 0.472. The van der Waals surface area contributed by atoms with Crippen molar-refractivity contribution < 1.29 is 14.1 Å². The molecule has 0 saturated carbocycles. The maximum Gasteiger partial charge on any atom is 0.516 e. The van der Waals surface area contributed by atoms with Gasteiger partial charge in [-0.3, -0.25) is 0 Å². The zero-order valence-corrected chi connectivity index (χ0v) is 6.84. The maximum atomic E-state index is 10.5. The van der Waals surface area contributed by atoms with Crippen molar-refractivity contribution in [3.05, 3.63) is 30.3 Å². The van der Waals surface area contributed by atoms with Gasteiger partial charge in [-0.1, -0.05) is 18.2 Å². The molecule has 0 aliphatic carbocycles. The Morgan fingerprint density at radius 1 is 1.27 bits per heavy atom. The Morgan fingerprint density at radius 2 is 1.91 bits per heavy atom. The molecule has 0 radical (unpaired) electrons. The lowest BCUT2D eigenvalue weighted by Gasteiger charge is -1.99. The molecule has 1 aromatic rings. The smallest absolute Gasteiger partial charge is 0.420 e. The summed E-state index contributed by atoms with van der Waals surface area (Å²) in [6, 6.07) is 8.71. The Bertz CT molecular complexity index is 235. The zero-order chi connectivity index (χ0) is 8.10. The van der Waals surface area contributed by atoms with Crippen molar-refractivity contribution >= 4 is 15.6 Å². The molecule has 4 heteroatoms. The van der Waals surface area contributed by atoms with Crippen LogP contribution in [0.1, 0.15) is 0 Å². The first kappa shape index (κ1) is 8.02. The minimum atomic E-state index is -0.735. The van der Waals surface area contributed by atoms with E-state index in [1.165, 1.54) is 0 Å². The van der Waals surface area contributed by atoms with Crippen LogP contribution in [0.4, 0.5) is 4.79 Å². The van der Waals surface area contributed by atoms with Gasteiger partial charge in [0.15, 0.2) is 0 Å². The summed E-state index contributed by atoms with van der Waals surface area (Å²) >= 11 is 0. The van der Waals surface area contributed by atoms with Crippen LogP contribution in [-0.4, -0.2) is 6.16 Å². The summed E-state index contributed by atoms with van der Waals surface area (Å²) in [6.07, 6.45) is -0.735. The molecule has 0 fully saturated rings. The molecular weight excluding hydrogens is 163 g/mol. The van der Waals surface area contributed by atoms with E-state index in [-0.39, 0.29) is 0 Å². The molecule has 3 nitrogen and oxygen atoms in total. The summed E-state index contributed by atoms with van der Waals surface area (Å²) in [5.41, 5.74) is 0. The molecule has 0 N–H and O–H groups in total. The van der Waals surface area contributed by atoms with Crippen molar-refractivity contribution in [1.82, 2.24) is 0 Å². The fourth-order valence-corrected chi connectivity index (χ4v) is 0.657. The molecule has 58 valence electrons. The van der Waals surface area contributed by atoms with E-state index in [4.69, 9.17) is 0 Å².